The Kier molecular flexibility index (Phi) is 4.57. The van der Waals surface area contributed by atoms with Gasteiger partial charge >= 0.3 is 5.97 Å². The molecule has 1 amide bonds. The number of carbonyl (C=O) groups is 2. The average molecular weight is 354 g/mol. The molecule has 0 spiro atoms. The Morgan fingerprint density at radius 1 is 1.30 bits per heavy atom. The van der Waals surface area contributed by atoms with Gasteiger partial charge < -0.3 is 10.0 Å². The summed E-state index contributed by atoms with van der Waals surface area (Å²) in [6.45, 7) is 0.447. The molecule has 4 nitrogen and oxygen atoms in total. The monoisotopic (exact) mass is 353 g/mol. The zero-order valence-electron chi connectivity index (χ0n) is 10.7. The first-order valence-corrected chi connectivity index (χ1v) is 7.47. The summed E-state index contributed by atoms with van der Waals surface area (Å²) in [7, 11) is 1.66. The molecule has 1 aromatic carbocycles. The predicted octanol–water partition coefficient (Wildman–Crippen LogP) is 3.48. The molecule has 2 rings (SSSR count). The number of hydrogen-bond donors (Lipinski definition) is 1. The number of carbonyl (C=O) groups excluding carboxylic acids is 1. The van der Waals surface area contributed by atoms with Crippen molar-refractivity contribution in [3.63, 3.8) is 0 Å². The molecule has 0 saturated carbocycles. The van der Waals surface area contributed by atoms with E-state index in [-0.39, 0.29) is 17.0 Å². The number of thiophene rings is 1. The molecule has 6 heteroatoms. The quantitative estimate of drug-likeness (QED) is 0.915. The molecule has 1 N–H and O–H groups in total. The van der Waals surface area contributed by atoms with Gasteiger partial charge in [-0.15, -0.1) is 11.3 Å². The standard InChI is InChI=1S/C14H12BrNO3S/c1-16(7-10-6-9(15)8-20-10)13(17)11-4-2-3-5-12(11)14(18)19/h2-6,8H,7H2,1H3,(H,18,19). The highest BCUT2D eigenvalue weighted by molar-refractivity contribution is 9.10. The van der Waals surface area contributed by atoms with Gasteiger partial charge in [0.05, 0.1) is 17.7 Å². The molecule has 1 heterocycles. The lowest BCUT2D eigenvalue weighted by atomic mass is 10.1. The number of halogens is 1. The highest BCUT2D eigenvalue weighted by Crippen LogP contribution is 2.21. The summed E-state index contributed by atoms with van der Waals surface area (Å²) < 4.78 is 0.976. The number of carboxylic acids is 1. The first-order valence-electron chi connectivity index (χ1n) is 5.79. The van der Waals surface area contributed by atoms with Crippen LogP contribution in [0.4, 0.5) is 0 Å². The van der Waals surface area contributed by atoms with Crippen LogP contribution in [-0.2, 0) is 6.54 Å². The number of carboxylic acid groups (broad SMARTS) is 1. The number of rotatable bonds is 4. The van der Waals surface area contributed by atoms with E-state index in [0.717, 1.165) is 9.35 Å². The second kappa shape index (κ2) is 6.19. The first kappa shape index (κ1) is 14.7. The van der Waals surface area contributed by atoms with E-state index in [0.29, 0.717) is 6.54 Å². The molecular formula is C14H12BrNO3S. The minimum atomic E-state index is -1.10. The van der Waals surface area contributed by atoms with Gasteiger partial charge in [0, 0.05) is 21.8 Å². The molecular weight excluding hydrogens is 342 g/mol. The van der Waals surface area contributed by atoms with E-state index in [1.165, 1.54) is 17.0 Å². The Bertz CT molecular complexity index is 653. The van der Waals surface area contributed by atoms with Crippen LogP contribution in [-0.4, -0.2) is 28.9 Å². The highest BCUT2D eigenvalue weighted by Gasteiger charge is 2.19. The predicted molar refractivity (Wildman–Crippen MR) is 81.2 cm³/mol. The van der Waals surface area contributed by atoms with E-state index in [1.54, 1.807) is 30.5 Å². The molecule has 20 heavy (non-hydrogen) atoms. The van der Waals surface area contributed by atoms with Gasteiger partial charge in [0.2, 0.25) is 0 Å². The van der Waals surface area contributed by atoms with Crippen LogP contribution in [0.5, 0.6) is 0 Å². The SMILES string of the molecule is CN(Cc1cc(Br)cs1)C(=O)c1ccccc1C(=O)O. The van der Waals surface area contributed by atoms with E-state index in [4.69, 9.17) is 5.11 Å². The minimum Gasteiger partial charge on any atom is -0.478 e. The molecule has 0 saturated heterocycles. The van der Waals surface area contributed by atoms with Crippen LogP contribution in [0.25, 0.3) is 0 Å². The van der Waals surface area contributed by atoms with Crippen LogP contribution < -0.4 is 0 Å². The molecule has 0 aliphatic heterocycles. The van der Waals surface area contributed by atoms with E-state index >= 15 is 0 Å². The Morgan fingerprint density at radius 2 is 1.95 bits per heavy atom. The van der Waals surface area contributed by atoms with Crippen LogP contribution in [0.1, 0.15) is 25.6 Å². The summed E-state index contributed by atoms with van der Waals surface area (Å²) in [5, 5.41) is 11.1. The minimum absolute atomic E-state index is 0.0247. The fraction of sp³-hybridized carbons (Fsp3) is 0.143. The van der Waals surface area contributed by atoms with Gasteiger partial charge in [-0.05, 0) is 34.1 Å². The molecule has 0 aliphatic carbocycles. The fourth-order valence-corrected chi connectivity index (χ4v) is 3.31. The van der Waals surface area contributed by atoms with E-state index in [2.05, 4.69) is 15.9 Å². The van der Waals surface area contributed by atoms with Gasteiger partial charge in [0.25, 0.3) is 5.91 Å². The summed E-state index contributed by atoms with van der Waals surface area (Å²) >= 11 is 4.91. The molecule has 0 bridgehead atoms. The number of hydrogen-bond acceptors (Lipinski definition) is 3. The zero-order valence-corrected chi connectivity index (χ0v) is 13.1. The third-order valence-corrected chi connectivity index (χ3v) is 4.43. The lowest BCUT2D eigenvalue weighted by Crippen LogP contribution is -2.27. The van der Waals surface area contributed by atoms with Gasteiger partial charge in [-0.3, -0.25) is 4.79 Å². The largest absolute Gasteiger partial charge is 0.478 e. The van der Waals surface area contributed by atoms with Gasteiger partial charge in [0.1, 0.15) is 0 Å². The van der Waals surface area contributed by atoms with Crippen LogP contribution in [0.15, 0.2) is 40.2 Å². The van der Waals surface area contributed by atoms with Crippen molar-refractivity contribution < 1.29 is 14.7 Å². The maximum Gasteiger partial charge on any atom is 0.336 e. The van der Waals surface area contributed by atoms with Crippen molar-refractivity contribution in [3.8, 4) is 0 Å². The Morgan fingerprint density at radius 3 is 2.50 bits per heavy atom. The first-order chi connectivity index (χ1) is 9.49. The third kappa shape index (κ3) is 3.26. The molecule has 104 valence electrons. The lowest BCUT2D eigenvalue weighted by molar-refractivity contribution is 0.0680. The van der Waals surface area contributed by atoms with Gasteiger partial charge in [-0.2, -0.15) is 0 Å². The normalized spacial score (nSPS) is 10.3. The topological polar surface area (TPSA) is 57.6 Å². The third-order valence-electron chi connectivity index (χ3n) is 2.75. The van der Waals surface area contributed by atoms with Crippen molar-refractivity contribution in [3.05, 3.63) is 56.2 Å². The average Bonchev–Trinajstić information content (AvgIpc) is 2.83. The van der Waals surface area contributed by atoms with Gasteiger partial charge in [-0.25, -0.2) is 4.79 Å². The van der Waals surface area contributed by atoms with Crippen LogP contribution >= 0.6 is 27.3 Å². The van der Waals surface area contributed by atoms with Crippen LogP contribution in [0.2, 0.25) is 0 Å². The molecule has 2 aromatic rings. The maximum absolute atomic E-state index is 12.3. The van der Waals surface area contributed by atoms with E-state index in [9.17, 15) is 9.59 Å². The summed E-state index contributed by atoms with van der Waals surface area (Å²) in [4.78, 5) is 26.0. The molecule has 0 aliphatic rings. The van der Waals surface area contributed by atoms with Crippen molar-refractivity contribution >= 4 is 39.1 Å². The van der Waals surface area contributed by atoms with E-state index < -0.39 is 5.97 Å². The number of nitrogens with zero attached hydrogens (tertiary/aromatic N) is 1. The summed E-state index contributed by atoms with van der Waals surface area (Å²) in [5.41, 5.74) is 0.231. The highest BCUT2D eigenvalue weighted by atomic mass is 79.9. The van der Waals surface area contributed by atoms with Gasteiger partial charge in [0.15, 0.2) is 0 Å². The number of amides is 1. The molecule has 1 aromatic heterocycles. The van der Waals surface area contributed by atoms with Crippen molar-refractivity contribution in [2.24, 2.45) is 0 Å². The van der Waals surface area contributed by atoms with Crippen molar-refractivity contribution in [1.82, 2.24) is 4.90 Å². The Labute approximate surface area is 128 Å². The maximum atomic E-state index is 12.3. The molecule has 0 radical (unpaired) electrons. The Hall–Kier alpha value is -1.66. The van der Waals surface area contributed by atoms with Crippen molar-refractivity contribution in [2.75, 3.05) is 7.05 Å². The lowest BCUT2D eigenvalue weighted by Gasteiger charge is -2.17. The summed E-state index contributed by atoms with van der Waals surface area (Å²) in [5.74, 6) is -1.39. The van der Waals surface area contributed by atoms with E-state index in [1.807, 2.05) is 11.4 Å². The second-order valence-corrected chi connectivity index (χ2v) is 6.15. The number of benzene rings is 1. The molecule has 0 atom stereocenters. The van der Waals surface area contributed by atoms with Crippen molar-refractivity contribution in [2.45, 2.75) is 6.54 Å². The van der Waals surface area contributed by atoms with Crippen LogP contribution in [0, 0.1) is 0 Å². The van der Waals surface area contributed by atoms with Crippen LogP contribution in [0.3, 0.4) is 0 Å². The summed E-state index contributed by atoms with van der Waals surface area (Å²) in [6, 6.07) is 8.18. The molecule has 0 unspecified atom stereocenters. The number of aromatic carboxylic acids is 1. The Balaban J connectivity index is 2.20. The fourth-order valence-electron chi connectivity index (χ4n) is 1.80. The zero-order chi connectivity index (χ0) is 14.7. The van der Waals surface area contributed by atoms with Crippen molar-refractivity contribution in [1.29, 1.82) is 0 Å². The van der Waals surface area contributed by atoms with Gasteiger partial charge in [-0.1, -0.05) is 12.1 Å². The summed E-state index contributed by atoms with van der Waals surface area (Å²) in [6.07, 6.45) is 0. The smallest absolute Gasteiger partial charge is 0.336 e. The molecule has 0 fully saturated rings. The second-order valence-electron chi connectivity index (χ2n) is 4.24.